The van der Waals surface area contributed by atoms with Crippen LogP contribution in [0.25, 0.3) is 5.69 Å². The van der Waals surface area contributed by atoms with Gasteiger partial charge in [0, 0.05) is 18.8 Å². The Bertz CT molecular complexity index is 735. The second kappa shape index (κ2) is 5.13. The Morgan fingerprint density at radius 1 is 1.35 bits per heavy atom. The molecule has 2 bridgehead atoms. The Morgan fingerprint density at radius 2 is 2.09 bits per heavy atom. The molecule has 4 heterocycles. The molecule has 2 aromatic heterocycles. The third kappa shape index (κ3) is 2.15. The number of carbonyl (C=O) groups excluding carboxylic acids is 1. The quantitative estimate of drug-likeness (QED) is 0.910. The zero-order valence-electron chi connectivity index (χ0n) is 13.1. The molecule has 1 saturated carbocycles. The van der Waals surface area contributed by atoms with Gasteiger partial charge in [-0.25, -0.2) is 4.98 Å². The van der Waals surface area contributed by atoms with E-state index in [1.165, 1.54) is 4.80 Å². The van der Waals surface area contributed by atoms with Gasteiger partial charge in [-0.2, -0.15) is 10.2 Å². The molecule has 7 nitrogen and oxygen atoms in total. The fourth-order valence-electron chi connectivity index (χ4n) is 3.92. The van der Waals surface area contributed by atoms with E-state index in [1.54, 1.807) is 12.4 Å². The summed E-state index contributed by atoms with van der Waals surface area (Å²) in [6.07, 6.45) is 6.25. The van der Waals surface area contributed by atoms with E-state index < -0.39 is 0 Å². The molecule has 2 N–H and O–H groups in total. The van der Waals surface area contributed by atoms with Gasteiger partial charge in [0.2, 0.25) is 0 Å². The van der Waals surface area contributed by atoms with Crippen LogP contribution in [0.4, 0.5) is 0 Å². The number of amides is 1. The summed E-state index contributed by atoms with van der Waals surface area (Å²) in [6.45, 7) is 3.14. The number of aromatic nitrogens is 4. The first-order valence-corrected chi connectivity index (χ1v) is 7.99. The summed E-state index contributed by atoms with van der Waals surface area (Å²) >= 11 is 0. The highest BCUT2D eigenvalue weighted by Crippen LogP contribution is 2.48. The molecule has 3 aliphatic rings. The van der Waals surface area contributed by atoms with Gasteiger partial charge < -0.3 is 10.6 Å². The molecule has 2 saturated heterocycles. The minimum atomic E-state index is -0.180. The lowest BCUT2D eigenvalue weighted by molar-refractivity contribution is -0.0514. The first kappa shape index (κ1) is 14.3. The average Bonchev–Trinajstić information content (AvgIpc) is 3.07. The maximum absolute atomic E-state index is 13.2. The normalized spacial score (nSPS) is 26.0. The molecule has 23 heavy (non-hydrogen) atoms. The van der Waals surface area contributed by atoms with Gasteiger partial charge in [0.05, 0.1) is 17.9 Å². The Labute approximate surface area is 134 Å². The molecule has 2 aromatic rings. The fourth-order valence-corrected chi connectivity index (χ4v) is 3.92. The molecule has 3 fully saturated rings. The number of hydrogen-bond donors (Lipinski definition) is 1. The molecular formula is C16H20N6O. The number of aryl methyl sites for hydroxylation is 1. The van der Waals surface area contributed by atoms with Crippen molar-refractivity contribution in [3.63, 3.8) is 0 Å². The van der Waals surface area contributed by atoms with E-state index in [0.29, 0.717) is 17.9 Å². The van der Waals surface area contributed by atoms with Crippen molar-refractivity contribution >= 4 is 5.91 Å². The molecular weight excluding hydrogens is 292 g/mol. The maximum Gasteiger partial charge on any atom is 0.275 e. The molecule has 0 atom stereocenters. The molecule has 7 heteroatoms. The number of fused-ring (bicyclic) bond motifs is 2. The zero-order valence-corrected chi connectivity index (χ0v) is 13.1. The summed E-state index contributed by atoms with van der Waals surface area (Å²) in [5, 5.41) is 8.28. The molecule has 0 spiro atoms. The molecule has 0 unspecified atom stereocenters. The second-order valence-electron chi connectivity index (χ2n) is 6.59. The van der Waals surface area contributed by atoms with Crippen LogP contribution in [0.15, 0.2) is 24.5 Å². The van der Waals surface area contributed by atoms with E-state index in [-0.39, 0.29) is 11.4 Å². The minimum Gasteiger partial charge on any atom is -0.330 e. The molecule has 1 amide bonds. The summed E-state index contributed by atoms with van der Waals surface area (Å²) in [7, 11) is 0. The SMILES string of the molecule is Cc1ccc(-n2nccn2)c(C(=O)N2CCC3CC2(CN)C3)n1. The Morgan fingerprint density at radius 3 is 2.78 bits per heavy atom. The van der Waals surface area contributed by atoms with E-state index in [0.717, 1.165) is 37.4 Å². The van der Waals surface area contributed by atoms with E-state index >= 15 is 0 Å². The highest BCUT2D eigenvalue weighted by Gasteiger charge is 2.53. The summed E-state index contributed by atoms with van der Waals surface area (Å²) in [5.41, 5.74) is 7.63. The van der Waals surface area contributed by atoms with Crippen molar-refractivity contribution in [1.29, 1.82) is 0 Å². The molecule has 0 radical (unpaired) electrons. The van der Waals surface area contributed by atoms with Crippen molar-refractivity contribution < 1.29 is 4.79 Å². The summed E-state index contributed by atoms with van der Waals surface area (Å²) in [4.78, 5) is 21.1. The summed E-state index contributed by atoms with van der Waals surface area (Å²) < 4.78 is 0. The molecule has 120 valence electrons. The van der Waals surface area contributed by atoms with Crippen molar-refractivity contribution in [1.82, 2.24) is 24.9 Å². The van der Waals surface area contributed by atoms with Crippen LogP contribution in [0.1, 0.15) is 35.4 Å². The van der Waals surface area contributed by atoms with Gasteiger partial charge in [0.1, 0.15) is 5.69 Å². The Kier molecular flexibility index (Phi) is 3.19. The molecule has 2 aliphatic heterocycles. The van der Waals surface area contributed by atoms with Gasteiger partial charge >= 0.3 is 0 Å². The van der Waals surface area contributed by atoms with Crippen LogP contribution in [-0.4, -0.2) is 49.4 Å². The fraction of sp³-hybridized carbons (Fsp3) is 0.500. The molecule has 1 aliphatic carbocycles. The lowest BCUT2D eigenvalue weighted by Gasteiger charge is -2.58. The van der Waals surface area contributed by atoms with Gasteiger partial charge in [0.15, 0.2) is 5.69 Å². The highest BCUT2D eigenvalue weighted by molar-refractivity contribution is 5.96. The van der Waals surface area contributed by atoms with Crippen LogP contribution < -0.4 is 5.73 Å². The second-order valence-corrected chi connectivity index (χ2v) is 6.59. The predicted octanol–water partition coefficient (Wildman–Crippen LogP) is 0.924. The number of nitrogens with two attached hydrogens (primary N) is 1. The van der Waals surface area contributed by atoms with Crippen LogP contribution in [0.2, 0.25) is 0 Å². The van der Waals surface area contributed by atoms with E-state index in [4.69, 9.17) is 5.73 Å². The van der Waals surface area contributed by atoms with Gasteiger partial charge in [-0.1, -0.05) is 0 Å². The van der Waals surface area contributed by atoms with Crippen LogP contribution in [0.5, 0.6) is 0 Å². The van der Waals surface area contributed by atoms with Gasteiger partial charge in [-0.05, 0) is 44.2 Å². The largest absolute Gasteiger partial charge is 0.330 e. The van der Waals surface area contributed by atoms with Crippen molar-refractivity contribution in [2.75, 3.05) is 13.1 Å². The number of nitrogens with zero attached hydrogens (tertiary/aromatic N) is 5. The molecule has 0 aromatic carbocycles. The third-order valence-corrected chi connectivity index (χ3v) is 5.15. The van der Waals surface area contributed by atoms with E-state index in [2.05, 4.69) is 15.2 Å². The van der Waals surface area contributed by atoms with Crippen LogP contribution >= 0.6 is 0 Å². The van der Waals surface area contributed by atoms with Crippen molar-refractivity contribution in [2.24, 2.45) is 11.7 Å². The number of pyridine rings is 1. The van der Waals surface area contributed by atoms with Crippen molar-refractivity contribution in [3.8, 4) is 5.69 Å². The lowest BCUT2D eigenvalue weighted by Crippen LogP contribution is -2.67. The first-order chi connectivity index (χ1) is 11.1. The third-order valence-electron chi connectivity index (χ3n) is 5.15. The van der Waals surface area contributed by atoms with Crippen LogP contribution in [0.3, 0.4) is 0 Å². The van der Waals surface area contributed by atoms with Gasteiger partial charge in [-0.3, -0.25) is 4.79 Å². The van der Waals surface area contributed by atoms with E-state index in [1.807, 2.05) is 24.0 Å². The van der Waals surface area contributed by atoms with Crippen LogP contribution in [0, 0.1) is 12.8 Å². The topological polar surface area (TPSA) is 89.9 Å². The smallest absolute Gasteiger partial charge is 0.275 e. The number of piperidine rings is 2. The van der Waals surface area contributed by atoms with Crippen LogP contribution in [-0.2, 0) is 0 Å². The Balaban J connectivity index is 1.75. The van der Waals surface area contributed by atoms with Gasteiger partial charge in [0.25, 0.3) is 5.91 Å². The number of carbonyl (C=O) groups is 1. The van der Waals surface area contributed by atoms with Gasteiger partial charge in [-0.15, -0.1) is 4.80 Å². The standard InChI is InChI=1S/C16H20N6O/c1-11-2-3-13(22-18-5-6-19-22)14(20-11)15(23)21-7-4-12-8-16(21,9-12)10-17/h2-3,5-6,12H,4,7-10,17H2,1H3. The maximum atomic E-state index is 13.2. The number of rotatable bonds is 3. The van der Waals surface area contributed by atoms with E-state index in [9.17, 15) is 4.79 Å². The monoisotopic (exact) mass is 312 g/mol. The summed E-state index contributed by atoms with van der Waals surface area (Å²) in [5.74, 6) is 0.657. The summed E-state index contributed by atoms with van der Waals surface area (Å²) in [6, 6.07) is 3.71. The number of hydrogen-bond acceptors (Lipinski definition) is 5. The highest BCUT2D eigenvalue weighted by atomic mass is 16.2. The average molecular weight is 312 g/mol. The minimum absolute atomic E-state index is 0.0652. The van der Waals surface area contributed by atoms with Crippen molar-refractivity contribution in [3.05, 3.63) is 35.9 Å². The van der Waals surface area contributed by atoms with Crippen molar-refractivity contribution in [2.45, 2.75) is 31.7 Å². The first-order valence-electron chi connectivity index (χ1n) is 7.99. The molecule has 5 rings (SSSR count). The Hall–Kier alpha value is -2.28. The zero-order chi connectivity index (χ0) is 16.0. The predicted molar refractivity (Wildman–Crippen MR) is 84.1 cm³/mol. The lowest BCUT2D eigenvalue weighted by atomic mass is 9.62.